The second-order valence-electron chi connectivity index (χ2n) is 28.1. The number of nitrogens with two attached hydrogens (primary N) is 5. The number of halogens is 3. The number of amides is 1. The van der Waals surface area contributed by atoms with Gasteiger partial charge in [0.25, 0.3) is 0 Å². The molecule has 0 aliphatic carbocycles. The van der Waals surface area contributed by atoms with E-state index in [9.17, 15) is 95.0 Å². The molecule has 0 aromatic carbocycles. The largest absolute Gasteiger partial charge is 0.490 e. The third-order valence-corrected chi connectivity index (χ3v) is 23.9. The molecule has 0 bridgehead atoms. The quantitative estimate of drug-likeness (QED) is 0.0150. The molecule has 6 aromatic rings. The van der Waals surface area contributed by atoms with Crippen molar-refractivity contribution >= 4 is 124 Å². The molecule has 666 valence electrons. The van der Waals surface area contributed by atoms with Gasteiger partial charge in [0.2, 0.25) is 0 Å². The van der Waals surface area contributed by atoms with E-state index in [0.29, 0.717) is 12.8 Å². The fourth-order valence-electron chi connectivity index (χ4n) is 12.7. The van der Waals surface area contributed by atoms with Gasteiger partial charge in [-0.1, -0.05) is 0 Å². The van der Waals surface area contributed by atoms with Gasteiger partial charge >= 0.3 is 72.8 Å². The molecule has 51 nitrogen and oxygen atoms in total. The van der Waals surface area contributed by atoms with Gasteiger partial charge in [0.1, 0.15) is 114 Å². The molecule has 20 atom stereocenters. The molecule has 120 heavy (non-hydrogen) atoms. The highest BCUT2D eigenvalue weighted by atomic mass is 32.2. The zero-order chi connectivity index (χ0) is 87.7. The van der Waals surface area contributed by atoms with Crippen molar-refractivity contribution in [1.29, 1.82) is 0 Å². The molecule has 1 amide bonds. The summed E-state index contributed by atoms with van der Waals surface area (Å²) in [6, 6.07) is 0.268. The van der Waals surface area contributed by atoms with Crippen LogP contribution in [-0.2, 0) is 92.9 Å². The lowest BCUT2D eigenvalue weighted by molar-refractivity contribution is -0.192. The molecule has 21 N–H and O–H groups in total. The first-order valence-electron chi connectivity index (χ1n) is 35.8. The number of ether oxygens (including phenoxy) is 7. The summed E-state index contributed by atoms with van der Waals surface area (Å²) in [6.07, 6.45) is -15.9. The van der Waals surface area contributed by atoms with Gasteiger partial charge in [-0.05, 0) is 77.2 Å². The Kier molecular flexibility index (Phi) is 31.5. The number of nitrogen functional groups attached to an aromatic ring is 4. The van der Waals surface area contributed by atoms with Crippen LogP contribution < -0.4 is 50.7 Å². The fourth-order valence-corrected chi connectivity index (χ4v) is 17.6. The van der Waals surface area contributed by atoms with E-state index in [0.717, 1.165) is 46.5 Å². The summed E-state index contributed by atoms with van der Waals surface area (Å²) in [7, 11) is -20.4. The number of rotatable bonds is 31. The van der Waals surface area contributed by atoms with Crippen molar-refractivity contribution in [2.75, 3.05) is 67.5 Å². The first-order chi connectivity index (χ1) is 56.2. The minimum Gasteiger partial charge on any atom is -0.475 e. The van der Waals surface area contributed by atoms with Crippen LogP contribution in [0.25, 0.3) is 22.3 Å². The number of phosphoric acid groups is 4. The third kappa shape index (κ3) is 26.0. The number of esters is 2. The number of carboxylic acid groups (broad SMARTS) is 1. The van der Waals surface area contributed by atoms with Crippen LogP contribution in [0.1, 0.15) is 97.0 Å². The molecule has 6 saturated heterocycles. The Hall–Kier alpha value is -7.65. The Balaban J connectivity index is 0.000000235. The smallest absolute Gasteiger partial charge is 0.475 e. The van der Waals surface area contributed by atoms with Crippen LogP contribution >= 0.6 is 54.8 Å². The standard InChI is InChI=1S/C32H47N9O16P2S.C26H38N10O14P2S.C2HF3O2/c1-32(2,3)56-31(45)38-17(7-6-16-5-4-10-60-16)29(43)55-25-20(54-28(24(25)42)41-15-37-23-26(34)35-14-36-27(23)41)13-52-59(49,50)57-18-11-22(40-9-8-21(33)39-30(40)44)53-19(18)12-51-58(46,47)48;27-13(2-1-12-6-30-11-53-12)25(38)49-21-16(48-24(20(21)37)36-10-33-19-22(29)31-9-32-23(19)36)8-46-52(43,44)50-14-5-18(35-4-3-17(28)34-26(35)39)47-15(14)7-45-51(40,41)42;3-2(4,5)1(6)7/h8-9,14-20,22,24-25,28,42H,4-7,10-13H2,1-3H3,(H,38,45)(H,49,50)(H2,33,39,44)(H2,34,35,36)(H2,46,47,48);3-4,9-10,12-16,18,20-21,24,30,37H,1-2,5-8,11,27H2,(H,43,44)(H2,28,34,39)(H2,29,31,32)(H2,40,41,42);(H,6,7)/t16-,17+,18+,19-,20-,22-,24-,25-,28-;12-,13-,14-,15+,16+,18+,20+,21+,24+;/m10./s1. The summed E-state index contributed by atoms with van der Waals surface area (Å²) in [5, 5.41) is 36.5. The number of aromatic nitrogens is 12. The molecule has 0 spiro atoms. The Morgan fingerprint density at radius 1 is 0.633 bits per heavy atom. The number of alkyl halides is 3. The zero-order valence-corrected chi connectivity index (χ0v) is 68.2. The lowest BCUT2D eigenvalue weighted by Crippen LogP contribution is -2.48. The maximum absolute atomic E-state index is 13.9. The molecule has 6 aromatic heterocycles. The van der Waals surface area contributed by atoms with E-state index in [1.165, 1.54) is 52.6 Å². The van der Waals surface area contributed by atoms with Gasteiger partial charge < -0.3 is 117 Å². The van der Waals surface area contributed by atoms with Crippen molar-refractivity contribution in [2.45, 2.75) is 192 Å². The summed E-state index contributed by atoms with van der Waals surface area (Å²) in [6.45, 7) is 2.40. The number of aliphatic carboxylic acids is 1. The average molecular weight is 1830 g/mol. The highest BCUT2D eigenvalue weighted by Crippen LogP contribution is 2.52. The van der Waals surface area contributed by atoms with Crippen LogP contribution in [0.2, 0.25) is 0 Å². The van der Waals surface area contributed by atoms with Crippen LogP contribution in [0.4, 0.5) is 41.2 Å². The summed E-state index contributed by atoms with van der Waals surface area (Å²) in [5.41, 5.74) is 27.2. The van der Waals surface area contributed by atoms with Crippen LogP contribution in [0.15, 0.2) is 59.4 Å². The van der Waals surface area contributed by atoms with Crippen molar-refractivity contribution < 1.29 is 156 Å². The van der Waals surface area contributed by atoms with Gasteiger partial charge in [0.05, 0.1) is 39.1 Å². The molecule has 0 radical (unpaired) electrons. The first-order valence-corrected chi connectivity index (χ1v) is 44.0. The number of hydrogen-bond donors (Lipinski definition) is 16. The Labute approximate surface area is 682 Å². The van der Waals surface area contributed by atoms with E-state index in [1.54, 1.807) is 44.3 Å². The van der Waals surface area contributed by atoms with Gasteiger partial charge in [-0.25, -0.2) is 72.1 Å². The van der Waals surface area contributed by atoms with Crippen molar-refractivity contribution in [1.82, 2.24) is 68.8 Å². The van der Waals surface area contributed by atoms with Gasteiger partial charge in [-0.15, -0.1) is 11.8 Å². The number of phosphoric ester groups is 4. The number of carboxylic acids is 1. The number of anilines is 4. The van der Waals surface area contributed by atoms with Crippen LogP contribution in [0.5, 0.6) is 0 Å². The van der Waals surface area contributed by atoms with E-state index in [-0.39, 0.29) is 81.8 Å². The van der Waals surface area contributed by atoms with Crippen LogP contribution in [0, 0.1) is 0 Å². The van der Waals surface area contributed by atoms with Gasteiger partial charge in [-0.3, -0.25) is 50.2 Å². The van der Waals surface area contributed by atoms with E-state index in [1.807, 2.05) is 0 Å². The summed E-state index contributed by atoms with van der Waals surface area (Å²) in [5.74, 6) is -2.96. The summed E-state index contributed by atoms with van der Waals surface area (Å²) in [4.78, 5) is 164. The first kappa shape index (κ1) is 94.6. The third-order valence-electron chi connectivity index (χ3n) is 18.2. The molecule has 6 aliphatic heterocycles. The maximum atomic E-state index is 13.9. The molecule has 12 rings (SSSR count). The molecule has 60 heteroatoms. The zero-order valence-electron chi connectivity index (χ0n) is 63.0. The number of alkyl carbamates (subject to hydrolysis) is 1. The molecule has 2 unspecified atom stereocenters. The average Bonchev–Trinajstić information content (AvgIpc) is 1.62. The SMILES string of the molecule is CC(C)(C)OC(=O)N[C@@H](CC[C@H]1CCCS1)C(=O)O[C@H]1[C@@H](O)[C@H](n2cnc3c(N)ncnc32)O[C@@H]1COP(=O)(O)O[C@H]1C[C@H](n2ccc(N)nc2=O)O[C@@H]1COP(=O)(O)O.Nc1ccn([C@H]2C[C@H](OP(=O)(O)OC[C@H]3O[C@@H](n4cnc5c(N)ncnc54)[C@H](O)[C@@H]3OC(=O)[C@@H](N)CC[C@H]3CNCS3)[C@@H](COP(=O)(O)O)O2)c(=O)n1.O=C(O)C(F)(F)F. The lowest BCUT2D eigenvalue weighted by atomic mass is 10.1. The van der Waals surface area contributed by atoms with E-state index in [2.05, 4.69) is 59.6 Å². The molecule has 0 saturated carbocycles. The van der Waals surface area contributed by atoms with Crippen molar-refractivity contribution in [3.05, 3.63) is 70.8 Å². The second-order valence-corrected chi connectivity index (χ2v) is 36.1. The maximum Gasteiger partial charge on any atom is 0.490 e. The molecular formula is C60H86F3N19O32P4S2. The number of aliphatic hydroxyl groups excluding tert-OH is 2. The highest BCUT2D eigenvalue weighted by Gasteiger charge is 2.53. The summed E-state index contributed by atoms with van der Waals surface area (Å²) < 4.78 is 157. The van der Waals surface area contributed by atoms with Crippen molar-refractivity contribution in [2.24, 2.45) is 5.73 Å². The number of nitrogens with one attached hydrogen (secondary N) is 2. The molecular weight excluding hydrogens is 1740 g/mol. The number of fused-ring (bicyclic) bond motifs is 2. The van der Waals surface area contributed by atoms with Crippen molar-refractivity contribution in [3.8, 4) is 0 Å². The number of thioether (sulfide) groups is 2. The number of nitrogens with zero attached hydrogens (tertiary/aromatic N) is 12. The van der Waals surface area contributed by atoms with Gasteiger partial charge in [-0.2, -0.15) is 34.9 Å². The lowest BCUT2D eigenvalue weighted by Gasteiger charge is -2.27. The monoisotopic (exact) mass is 1830 g/mol. The Morgan fingerprint density at radius 2 is 1.08 bits per heavy atom. The molecule has 6 aliphatic rings. The minimum absolute atomic E-state index is 0.0177. The van der Waals surface area contributed by atoms with Gasteiger partial charge in [0, 0.05) is 48.2 Å². The molecule has 12 heterocycles. The summed E-state index contributed by atoms with van der Waals surface area (Å²) >= 11 is 3.45. The number of carbonyl (C=O) groups is 4. The number of imidazole rings is 2. The van der Waals surface area contributed by atoms with E-state index < -0.39 is 203 Å². The van der Waals surface area contributed by atoms with E-state index in [4.69, 9.17) is 89.8 Å². The Morgan fingerprint density at radius 3 is 1.49 bits per heavy atom. The molecule has 6 fully saturated rings. The predicted molar refractivity (Wildman–Crippen MR) is 402 cm³/mol. The minimum atomic E-state index is -5.21. The fraction of sp³-hybridized carbons (Fsp3) is 0.633. The Bertz CT molecular complexity index is 4910. The van der Waals surface area contributed by atoms with Gasteiger partial charge in [0.15, 0.2) is 47.6 Å². The van der Waals surface area contributed by atoms with E-state index >= 15 is 0 Å². The van der Waals surface area contributed by atoms with Crippen LogP contribution in [0.3, 0.4) is 0 Å². The highest BCUT2D eigenvalue weighted by molar-refractivity contribution is 8.00. The topological polar surface area (TPSA) is 750 Å². The number of aliphatic hydroxyl groups is 2. The second kappa shape index (κ2) is 39.9. The van der Waals surface area contributed by atoms with Crippen LogP contribution in [-0.4, -0.2) is 267 Å². The number of hydrogen-bond acceptors (Lipinski definition) is 41. The normalized spacial score (nSPS) is 27.4. The number of carbonyl (C=O) groups excluding carboxylic acids is 3. The predicted octanol–water partition coefficient (Wildman–Crippen LogP) is -0.394. The van der Waals surface area contributed by atoms with Crippen molar-refractivity contribution in [3.63, 3.8) is 0 Å².